The van der Waals surface area contributed by atoms with E-state index < -0.39 is 0 Å². The van der Waals surface area contributed by atoms with Gasteiger partial charge in [0.1, 0.15) is 0 Å². The lowest BCUT2D eigenvalue weighted by Gasteiger charge is -2.07. The van der Waals surface area contributed by atoms with Crippen molar-refractivity contribution in [1.29, 1.82) is 0 Å². The van der Waals surface area contributed by atoms with E-state index in [1.807, 2.05) is 37.7 Å². The summed E-state index contributed by atoms with van der Waals surface area (Å²) in [7, 11) is 1.91. The number of hydrogen-bond acceptors (Lipinski definition) is 3. The number of halogens is 1. The van der Waals surface area contributed by atoms with Crippen LogP contribution in [0.4, 0.5) is 5.69 Å². The minimum atomic E-state index is 0.746. The van der Waals surface area contributed by atoms with Crippen LogP contribution >= 0.6 is 23.4 Å². The summed E-state index contributed by atoms with van der Waals surface area (Å²) in [6.45, 7) is 3.95. The average Bonchev–Trinajstić information content (AvgIpc) is 2.53. The molecular formula is C13H16ClN3S. The predicted octanol–water partition coefficient (Wildman–Crippen LogP) is 3.56. The molecule has 2 rings (SSSR count). The highest BCUT2D eigenvalue weighted by molar-refractivity contribution is 7.98. The number of benzene rings is 1. The van der Waals surface area contributed by atoms with Crippen molar-refractivity contribution in [2.75, 3.05) is 5.73 Å². The Balaban J connectivity index is 2.16. The van der Waals surface area contributed by atoms with Crippen LogP contribution in [0.2, 0.25) is 5.02 Å². The Morgan fingerprint density at radius 3 is 2.67 bits per heavy atom. The van der Waals surface area contributed by atoms with Gasteiger partial charge in [0.25, 0.3) is 0 Å². The molecule has 1 heterocycles. The Morgan fingerprint density at radius 1 is 1.39 bits per heavy atom. The lowest BCUT2D eigenvalue weighted by atomic mass is 10.2. The van der Waals surface area contributed by atoms with Gasteiger partial charge in [-0.25, -0.2) is 0 Å². The lowest BCUT2D eigenvalue weighted by Crippen LogP contribution is -1.97. The fourth-order valence-electron chi connectivity index (χ4n) is 1.78. The molecule has 0 radical (unpaired) electrons. The first-order valence-electron chi connectivity index (χ1n) is 5.66. The highest BCUT2D eigenvalue weighted by atomic mass is 35.5. The molecule has 1 aromatic heterocycles. The van der Waals surface area contributed by atoms with E-state index in [4.69, 9.17) is 17.3 Å². The molecule has 0 aliphatic carbocycles. The van der Waals surface area contributed by atoms with E-state index >= 15 is 0 Å². The molecule has 0 spiro atoms. The summed E-state index contributed by atoms with van der Waals surface area (Å²) in [6.07, 6.45) is 0. The van der Waals surface area contributed by atoms with Crippen molar-refractivity contribution in [1.82, 2.24) is 9.78 Å². The average molecular weight is 282 g/mol. The maximum Gasteiger partial charge on any atom is 0.0855 e. The Kier molecular flexibility index (Phi) is 3.88. The van der Waals surface area contributed by atoms with Gasteiger partial charge in [-0.15, -0.1) is 11.8 Å². The molecule has 0 saturated heterocycles. The first-order chi connectivity index (χ1) is 8.49. The van der Waals surface area contributed by atoms with Crippen LogP contribution in [0.15, 0.2) is 23.1 Å². The largest absolute Gasteiger partial charge is 0.398 e. The quantitative estimate of drug-likeness (QED) is 0.691. The second-order valence-electron chi connectivity index (χ2n) is 4.30. The predicted molar refractivity (Wildman–Crippen MR) is 78.1 cm³/mol. The van der Waals surface area contributed by atoms with Gasteiger partial charge < -0.3 is 5.73 Å². The van der Waals surface area contributed by atoms with E-state index in [-0.39, 0.29) is 0 Å². The molecule has 0 fully saturated rings. The summed E-state index contributed by atoms with van der Waals surface area (Å²) in [5, 5.41) is 5.05. The Morgan fingerprint density at radius 2 is 2.11 bits per heavy atom. The van der Waals surface area contributed by atoms with Crippen LogP contribution < -0.4 is 5.73 Å². The SMILES string of the molecule is Cc1ccc(SCc2c(Cl)c(C)nn2C)c(N)c1. The van der Waals surface area contributed by atoms with E-state index in [9.17, 15) is 0 Å². The second-order valence-corrected chi connectivity index (χ2v) is 5.69. The number of nitrogen functional groups attached to an aromatic ring is 1. The molecule has 0 aliphatic rings. The molecule has 2 N–H and O–H groups in total. The highest BCUT2D eigenvalue weighted by Gasteiger charge is 2.11. The number of rotatable bonds is 3. The van der Waals surface area contributed by atoms with E-state index in [0.717, 1.165) is 32.7 Å². The van der Waals surface area contributed by atoms with Crippen LogP contribution in [-0.2, 0) is 12.8 Å². The second kappa shape index (κ2) is 5.24. The third-order valence-corrected chi connectivity index (χ3v) is 4.38. The third kappa shape index (κ3) is 2.65. The van der Waals surface area contributed by atoms with E-state index in [1.54, 1.807) is 11.8 Å². The van der Waals surface area contributed by atoms with Crippen LogP contribution in [0.25, 0.3) is 0 Å². The molecule has 18 heavy (non-hydrogen) atoms. The van der Waals surface area contributed by atoms with Crippen molar-refractivity contribution in [3.05, 3.63) is 40.2 Å². The van der Waals surface area contributed by atoms with Gasteiger partial charge in [0.05, 0.1) is 16.4 Å². The third-order valence-electron chi connectivity index (χ3n) is 2.79. The van der Waals surface area contributed by atoms with Gasteiger partial charge in [-0.05, 0) is 31.5 Å². The standard InChI is InChI=1S/C13H16ClN3S/c1-8-4-5-12(10(15)6-8)18-7-11-13(14)9(2)16-17(11)3/h4-6H,7,15H2,1-3H3. The van der Waals surface area contributed by atoms with Gasteiger partial charge in [0.15, 0.2) is 0 Å². The summed E-state index contributed by atoms with van der Waals surface area (Å²) >= 11 is 7.90. The molecule has 0 aliphatic heterocycles. The van der Waals surface area contributed by atoms with Gasteiger partial charge >= 0.3 is 0 Å². The Bertz CT molecular complexity index is 578. The number of thioether (sulfide) groups is 1. The molecule has 1 aromatic carbocycles. The van der Waals surface area contributed by atoms with Crippen molar-refractivity contribution in [3.8, 4) is 0 Å². The molecule has 5 heteroatoms. The molecule has 0 saturated carbocycles. The summed E-state index contributed by atoms with van der Waals surface area (Å²) < 4.78 is 1.83. The minimum Gasteiger partial charge on any atom is -0.398 e. The summed E-state index contributed by atoms with van der Waals surface area (Å²) in [5.41, 5.74) is 9.87. The normalized spacial score (nSPS) is 10.9. The monoisotopic (exact) mass is 281 g/mol. The van der Waals surface area contributed by atoms with Gasteiger partial charge in [0, 0.05) is 23.4 Å². The van der Waals surface area contributed by atoms with E-state index in [1.165, 1.54) is 5.56 Å². The molecule has 0 bridgehead atoms. The van der Waals surface area contributed by atoms with Crippen LogP contribution in [0, 0.1) is 13.8 Å². The molecular weight excluding hydrogens is 266 g/mol. The van der Waals surface area contributed by atoms with Crippen molar-refractivity contribution in [2.24, 2.45) is 7.05 Å². The fourth-order valence-corrected chi connectivity index (χ4v) is 3.10. The number of aromatic nitrogens is 2. The molecule has 3 nitrogen and oxygen atoms in total. The number of anilines is 1. The smallest absolute Gasteiger partial charge is 0.0855 e. The number of nitrogens with two attached hydrogens (primary N) is 1. The van der Waals surface area contributed by atoms with Crippen LogP contribution in [0.3, 0.4) is 0 Å². The van der Waals surface area contributed by atoms with Gasteiger partial charge in [0.2, 0.25) is 0 Å². The molecule has 0 unspecified atom stereocenters. The molecule has 2 aromatic rings. The zero-order valence-electron chi connectivity index (χ0n) is 10.7. The zero-order chi connectivity index (χ0) is 13.3. The number of nitrogens with zero attached hydrogens (tertiary/aromatic N) is 2. The summed E-state index contributed by atoms with van der Waals surface area (Å²) in [4.78, 5) is 1.08. The molecule has 96 valence electrons. The molecule has 0 atom stereocenters. The van der Waals surface area contributed by atoms with Gasteiger partial charge in [-0.1, -0.05) is 17.7 Å². The van der Waals surface area contributed by atoms with Crippen LogP contribution in [-0.4, -0.2) is 9.78 Å². The maximum atomic E-state index is 6.22. The van der Waals surface area contributed by atoms with Gasteiger partial charge in [-0.2, -0.15) is 5.10 Å². The zero-order valence-corrected chi connectivity index (χ0v) is 12.3. The van der Waals surface area contributed by atoms with E-state index in [0.29, 0.717) is 0 Å². The minimum absolute atomic E-state index is 0.746. The van der Waals surface area contributed by atoms with Crippen LogP contribution in [0.5, 0.6) is 0 Å². The van der Waals surface area contributed by atoms with Crippen molar-refractivity contribution >= 4 is 29.1 Å². The fraction of sp³-hybridized carbons (Fsp3) is 0.308. The van der Waals surface area contributed by atoms with Crippen LogP contribution in [0.1, 0.15) is 17.0 Å². The van der Waals surface area contributed by atoms with Crippen molar-refractivity contribution < 1.29 is 0 Å². The Hall–Kier alpha value is -1.13. The first-order valence-corrected chi connectivity index (χ1v) is 7.02. The number of aryl methyl sites for hydroxylation is 3. The summed E-state index contributed by atoms with van der Waals surface area (Å²) in [5.74, 6) is 0.767. The van der Waals surface area contributed by atoms with Crippen molar-refractivity contribution in [3.63, 3.8) is 0 Å². The van der Waals surface area contributed by atoms with Crippen molar-refractivity contribution in [2.45, 2.75) is 24.5 Å². The highest BCUT2D eigenvalue weighted by Crippen LogP contribution is 2.31. The number of hydrogen-bond donors (Lipinski definition) is 1. The molecule has 0 amide bonds. The first kappa shape index (κ1) is 13.3. The van der Waals surface area contributed by atoms with Gasteiger partial charge in [-0.3, -0.25) is 4.68 Å². The topological polar surface area (TPSA) is 43.8 Å². The Labute approximate surface area is 116 Å². The lowest BCUT2D eigenvalue weighted by molar-refractivity contribution is 0.727. The maximum absolute atomic E-state index is 6.22. The summed E-state index contributed by atoms with van der Waals surface area (Å²) in [6, 6.07) is 6.10. The van der Waals surface area contributed by atoms with E-state index in [2.05, 4.69) is 11.2 Å².